The maximum atomic E-state index is 6.54. The number of rotatable bonds is 5. The number of benzene rings is 7. The molecule has 0 bridgehead atoms. The SMILES string of the molecule is CC12CC=CC=C1c1ccc(-c3ccc4oc5cccc(-c6cccc(-c7nc(-c8ccccc8)nc(-c8ccc9sc%10ccccc%10c9c8)n7)c6)c5c4c3)cc1C2(C)C. The van der Waals surface area contributed by atoms with E-state index in [1.54, 1.807) is 0 Å². The van der Waals surface area contributed by atoms with Crippen LogP contribution in [-0.4, -0.2) is 15.0 Å². The molecule has 12 rings (SSSR count). The molecule has 0 N–H and O–H groups in total. The van der Waals surface area contributed by atoms with Gasteiger partial charge in [-0.05, 0) is 100.0 Å². The minimum atomic E-state index is 0.00716. The highest BCUT2D eigenvalue weighted by Crippen LogP contribution is 2.61. The van der Waals surface area contributed by atoms with Crippen LogP contribution in [0.15, 0.2) is 174 Å². The zero-order valence-corrected chi connectivity index (χ0v) is 34.3. The first kappa shape index (κ1) is 35.0. The van der Waals surface area contributed by atoms with Crippen molar-refractivity contribution in [3.05, 3.63) is 181 Å². The summed E-state index contributed by atoms with van der Waals surface area (Å²) in [6, 6.07) is 53.9. The first-order chi connectivity index (χ1) is 29.3. The molecule has 4 nitrogen and oxygen atoms in total. The molecule has 60 heavy (non-hydrogen) atoms. The normalized spacial score (nSPS) is 16.8. The van der Waals surface area contributed by atoms with Crippen molar-refractivity contribution in [2.45, 2.75) is 32.6 Å². The number of thiophene rings is 1. The number of hydrogen-bond acceptors (Lipinski definition) is 5. The Morgan fingerprint density at radius 1 is 0.500 bits per heavy atom. The monoisotopic (exact) mass is 789 g/mol. The van der Waals surface area contributed by atoms with Crippen molar-refractivity contribution in [3.8, 4) is 56.4 Å². The number of fused-ring (bicyclic) bond motifs is 9. The van der Waals surface area contributed by atoms with Crippen LogP contribution in [0.2, 0.25) is 0 Å². The second-order valence-corrected chi connectivity index (χ2v) is 18.1. The Morgan fingerprint density at radius 2 is 1.17 bits per heavy atom. The van der Waals surface area contributed by atoms with E-state index in [9.17, 15) is 0 Å². The topological polar surface area (TPSA) is 51.8 Å². The summed E-state index contributed by atoms with van der Waals surface area (Å²) in [6.45, 7) is 7.25. The van der Waals surface area contributed by atoms with Crippen LogP contribution in [0, 0.1) is 5.41 Å². The van der Waals surface area contributed by atoms with Crippen LogP contribution in [-0.2, 0) is 5.41 Å². The van der Waals surface area contributed by atoms with Gasteiger partial charge in [0.1, 0.15) is 11.2 Å². The summed E-state index contributed by atoms with van der Waals surface area (Å²) in [7, 11) is 0. The van der Waals surface area contributed by atoms with Crippen LogP contribution in [0.4, 0.5) is 0 Å². The van der Waals surface area contributed by atoms with E-state index in [2.05, 4.69) is 172 Å². The molecule has 2 aliphatic rings. The lowest BCUT2D eigenvalue weighted by Gasteiger charge is -2.40. The number of allylic oxidation sites excluding steroid dienone is 4. The summed E-state index contributed by atoms with van der Waals surface area (Å²) in [5, 5.41) is 4.65. The van der Waals surface area contributed by atoms with Crippen molar-refractivity contribution in [3.63, 3.8) is 0 Å². The van der Waals surface area contributed by atoms with E-state index < -0.39 is 0 Å². The lowest BCUT2D eigenvalue weighted by atomic mass is 9.63. The predicted octanol–water partition coefficient (Wildman–Crippen LogP) is 15.1. The molecule has 0 aliphatic heterocycles. The maximum absolute atomic E-state index is 6.54. The third kappa shape index (κ3) is 5.25. The van der Waals surface area contributed by atoms with Crippen molar-refractivity contribution in [1.29, 1.82) is 0 Å². The molecule has 286 valence electrons. The summed E-state index contributed by atoms with van der Waals surface area (Å²) in [5.74, 6) is 1.92. The zero-order valence-electron chi connectivity index (χ0n) is 33.5. The molecule has 7 aromatic carbocycles. The van der Waals surface area contributed by atoms with Gasteiger partial charge >= 0.3 is 0 Å². The fourth-order valence-corrected chi connectivity index (χ4v) is 10.9. The van der Waals surface area contributed by atoms with Crippen LogP contribution in [0.1, 0.15) is 38.3 Å². The van der Waals surface area contributed by atoms with Crippen molar-refractivity contribution in [1.82, 2.24) is 15.0 Å². The third-order valence-electron chi connectivity index (χ3n) is 13.4. The predicted molar refractivity (Wildman–Crippen MR) is 250 cm³/mol. The minimum Gasteiger partial charge on any atom is -0.456 e. The van der Waals surface area contributed by atoms with Crippen molar-refractivity contribution in [2.24, 2.45) is 5.41 Å². The number of hydrogen-bond donors (Lipinski definition) is 0. The van der Waals surface area contributed by atoms with Gasteiger partial charge in [-0.1, -0.05) is 136 Å². The largest absolute Gasteiger partial charge is 0.456 e. The van der Waals surface area contributed by atoms with E-state index in [1.165, 1.54) is 48.0 Å². The molecule has 1 unspecified atom stereocenters. The van der Waals surface area contributed by atoms with Gasteiger partial charge in [-0.2, -0.15) is 0 Å². The highest BCUT2D eigenvalue weighted by molar-refractivity contribution is 7.25. The molecule has 0 amide bonds. The number of aromatic nitrogens is 3. The van der Waals surface area contributed by atoms with Gasteiger partial charge in [-0.15, -0.1) is 11.3 Å². The van der Waals surface area contributed by atoms with Crippen molar-refractivity contribution in [2.75, 3.05) is 0 Å². The minimum absolute atomic E-state index is 0.00716. The van der Waals surface area contributed by atoms with E-state index in [-0.39, 0.29) is 10.8 Å². The Kier molecular flexibility index (Phi) is 7.61. The second-order valence-electron chi connectivity index (χ2n) is 17.0. The molecule has 0 saturated heterocycles. The van der Waals surface area contributed by atoms with Crippen LogP contribution < -0.4 is 0 Å². The summed E-state index contributed by atoms with van der Waals surface area (Å²) in [5.41, 5.74) is 13.5. The molecule has 5 heteroatoms. The van der Waals surface area contributed by atoms with Crippen LogP contribution in [0.25, 0.3) is 104 Å². The van der Waals surface area contributed by atoms with E-state index in [1.807, 2.05) is 29.5 Å². The molecule has 0 saturated carbocycles. The van der Waals surface area contributed by atoms with Gasteiger partial charge in [0.05, 0.1) is 0 Å². The molecular weight excluding hydrogens is 751 g/mol. The second kappa shape index (κ2) is 13.0. The summed E-state index contributed by atoms with van der Waals surface area (Å²) < 4.78 is 9.06. The van der Waals surface area contributed by atoms with Gasteiger partial charge in [0.25, 0.3) is 0 Å². The maximum Gasteiger partial charge on any atom is 0.164 e. The molecule has 0 fully saturated rings. The Morgan fingerprint density at radius 3 is 2.03 bits per heavy atom. The van der Waals surface area contributed by atoms with Crippen LogP contribution in [0.5, 0.6) is 0 Å². The number of nitrogens with zero attached hydrogens (tertiary/aromatic N) is 3. The van der Waals surface area contributed by atoms with Gasteiger partial charge in [-0.3, -0.25) is 0 Å². The Balaban J connectivity index is 0.975. The van der Waals surface area contributed by atoms with E-state index in [0.29, 0.717) is 17.5 Å². The van der Waals surface area contributed by atoms with Crippen LogP contribution in [0.3, 0.4) is 0 Å². The van der Waals surface area contributed by atoms with Crippen molar-refractivity contribution >= 4 is 59.0 Å². The Hall–Kier alpha value is -6.95. The third-order valence-corrected chi connectivity index (χ3v) is 14.6. The summed E-state index contributed by atoms with van der Waals surface area (Å²) in [6.07, 6.45) is 7.92. The molecular formula is C55H39N3OS. The average Bonchev–Trinajstić information content (AvgIpc) is 3.92. The zero-order chi connectivity index (χ0) is 40.2. The lowest BCUT2D eigenvalue weighted by molar-refractivity contribution is 0.271. The molecule has 0 spiro atoms. The van der Waals surface area contributed by atoms with Gasteiger partial charge < -0.3 is 4.42 Å². The molecule has 1 atom stereocenters. The summed E-state index contributed by atoms with van der Waals surface area (Å²) in [4.78, 5) is 15.3. The summed E-state index contributed by atoms with van der Waals surface area (Å²) >= 11 is 1.81. The van der Waals surface area contributed by atoms with E-state index in [0.717, 1.165) is 56.2 Å². The quantitative estimate of drug-likeness (QED) is 0.174. The first-order valence-corrected chi connectivity index (χ1v) is 21.5. The fourth-order valence-electron chi connectivity index (χ4n) is 9.80. The van der Waals surface area contributed by atoms with Gasteiger partial charge in [0.15, 0.2) is 17.5 Å². The lowest BCUT2D eigenvalue weighted by Crippen LogP contribution is -2.34. The Labute approximate surface area is 352 Å². The van der Waals surface area contributed by atoms with Gasteiger partial charge in [-0.25, -0.2) is 15.0 Å². The molecule has 10 aromatic rings. The highest BCUT2D eigenvalue weighted by Gasteiger charge is 2.51. The Bertz CT molecular complexity index is 3460. The smallest absolute Gasteiger partial charge is 0.164 e. The standard InChI is InChI=1S/C55H39N3OS/c1-54(2)45-32-35(22-25-41(45)44-19-9-10-28-55(44,54)3)34-23-26-46-43(30-34)50-39(18-12-20-47(50)59-46)36-15-11-16-37(29-36)52-56-51(33-13-5-4-6-14-33)57-53(58-52)38-24-27-49-42(31-38)40-17-7-8-21-48(40)60-49/h4-27,29-32H,28H2,1-3H3. The van der Waals surface area contributed by atoms with Gasteiger partial charge in [0, 0.05) is 58.5 Å². The molecule has 0 radical (unpaired) electrons. The molecule has 3 aromatic heterocycles. The molecule has 2 aliphatic carbocycles. The van der Waals surface area contributed by atoms with Gasteiger partial charge in [0.2, 0.25) is 0 Å². The van der Waals surface area contributed by atoms with E-state index in [4.69, 9.17) is 19.4 Å². The highest BCUT2D eigenvalue weighted by atomic mass is 32.1. The van der Waals surface area contributed by atoms with Crippen LogP contribution >= 0.6 is 11.3 Å². The van der Waals surface area contributed by atoms with Crippen molar-refractivity contribution < 1.29 is 4.42 Å². The van der Waals surface area contributed by atoms with E-state index >= 15 is 0 Å². The number of furan rings is 1. The molecule has 3 heterocycles. The average molecular weight is 790 g/mol. The first-order valence-electron chi connectivity index (χ1n) is 20.6. The fraction of sp³-hybridized carbons (Fsp3) is 0.109.